The van der Waals surface area contributed by atoms with Crippen molar-refractivity contribution < 1.29 is 4.79 Å². The summed E-state index contributed by atoms with van der Waals surface area (Å²) in [5.41, 5.74) is 2.92. The molecule has 0 spiro atoms. The van der Waals surface area contributed by atoms with E-state index in [0.29, 0.717) is 5.25 Å². The molecule has 1 saturated heterocycles. The van der Waals surface area contributed by atoms with Crippen LogP contribution < -0.4 is 5.32 Å². The van der Waals surface area contributed by atoms with Gasteiger partial charge in [0.2, 0.25) is 0 Å². The first-order valence-electron chi connectivity index (χ1n) is 7.31. The van der Waals surface area contributed by atoms with Crippen LogP contribution in [0.4, 0.5) is 5.69 Å². The molecule has 0 bridgehead atoms. The minimum absolute atomic E-state index is 0.153. The lowest BCUT2D eigenvalue weighted by atomic mass is 10.1. The Labute approximate surface area is 126 Å². The summed E-state index contributed by atoms with van der Waals surface area (Å²) in [5.74, 6) is 1.18. The van der Waals surface area contributed by atoms with Crippen molar-refractivity contribution in [3.8, 4) is 0 Å². The summed E-state index contributed by atoms with van der Waals surface area (Å²) < 4.78 is 0. The molecule has 2 atom stereocenters. The van der Waals surface area contributed by atoms with Crippen LogP contribution in [0, 0.1) is 6.92 Å². The van der Waals surface area contributed by atoms with Crippen LogP contribution in [0.3, 0.4) is 0 Å². The molecule has 1 N–H and O–H groups in total. The van der Waals surface area contributed by atoms with Gasteiger partial charge in [0.1, 0.15) is 0 Å². The maximum absolute atomic E-state index is 12.8. The average molecular weight is 292 g/mol. The fraction of sp³-hybridized carbons (Fsp3) is 0.562. The molecule has 1 heterocycles. The first-order chi connectivity index (χ1) is 9.54. The Morgan fingerprint density at radius 3 is 2.90 bits per heavy atom. The highest BCUT2D eigenvalue weighted by atomic mass is 32.2. The van der Waals surface area contributed by atoms with Gasteiger partial charge >= 0.3 is 0 Å². The number of hydrogen-bond donors (Lipinski definition) is 1. The molecule has 3 nitrogen and oxygen atoms in total. The highest BCUT2D eigenvalue weighted by molar-refractivity contribution is 8.00. The van der Waals surface area contributed by atoms with E-state index in [1.54, 1.807) is 0 Å². The third kappa shape index (κ3) is 3.11. The summed E-state index contributed by atoms with van der Waals surface area (Å²) in [6.45, 7) is 10.1. The van der Waals surface area contributed by atoms with Crippen LogP contribution in [0.5, 0.6) is 0 Å². The normalized spacial score (nSPS) is 22.7. The lowest BCUT2D eigenvalue weighted by Crippen LogP contribution is -2.48. The summed E-state index contributed by atoms with van der Waals surface area (Å²) in [4.78, 5) is 14.9. The molecule has 1 aliphatic heterocycles. The van der Waals surface area contributed by atoms with E-state index in [-0.39, 0.29) is 11.9 Å². The summed E-state index contributed by atoms with van der Waals surface area (Å²) in [6.07, 6.45) is 0. The van der Waals surface area contributed by atoms with Crippen LogP contribution >= 0.6 is 11.8 Å². The number of nitrogens with one attached hydrogen (secondary N) is 1. The Morgan fingerprint density at radius 1 is 1.45 bits per heavy atom. The van der Waals surface area contributed by atoms with Crippen molar-refractivity contribution in [3.63, 3.8) is 0 Å². The Bertz CT molecular complexity index is 489. The van der Waals surface area contributed by atoms with Gasteiger partial charge < -0.3 is 10.2 Å². The Morgan fingerprint density at radius 2 is 2.20 bits per heavy atom. The van der Waals surface area contributed by atoms with Crippen LogP contribution in [0.25, 0.3) is 0 Å². The Kier molecular flexibility index (Phi) is 4.97. The van der Waals surface area contributed by atoms with Gasteiger partial charge in [0.15, 0.2) is 0 Å². The number of anilines is 1. The molecule has 0 aromatic heterocycles. The molecule has 0 radical (unpaired) electrons. The maximum atomic E-state index is 12.8. The number of benzene rings is 1. The third-order valence-corrected chi connectivity index (χ3v) is 5.26. The van der Waals surface area contributed by atoms with Crippen LogP contribution in [0.15, 0.2) is 18.2 Å². The molecule has 2 unspecified atom stereocenters. The fourth-order valence-electron chi connectivity index (χ4n) is 2.56. The van der Waals surface area contributed by atoms with Crippen molar-refractivity contribution in [2.24, 2.45) is 0 Å². The number of aryl methyl sites for hydroxylation is 1. The second-order valence-corrected chi connectivity index (χ2v) is 6.88. The molecule has 1 fully saturated rings. The van der Waals surface area contributed by atoms with Crippen LogP contribution in [0.1, 0.15) is 36.7 Å². The molecule has 1 aromatic rings. The SMILES string of the molecule is CCNc1cc(C)ccc1C(=O)N1CCSC(C)C1C. The maximum Gasteiger partial charge on any atom is 0.256 e. The predicted octanol–water partition coefficient (Wildman–Crippen LogP) is 3.39. The zero-order chi connectivity index (χ0) is 14.7. The molecule has 1 amide bonds. The lowest BCUT2D eigenvalue weighted by molar-refractivity contribution is 0.0699. The van der Waals surface area contributed by atoms with Crippen molar-refractivity contribution in [1.29, 1.82) is 0 Å². The minimum atomic E-state index is 0.153. The molecule has 0 saturated carbocycles. The largest absolute Gasteiger partial charge is 0.385 e. The van der Waals surface area contributed by atoms with E-state index in [2.05, 4.69) is 39.1 Å². The molecule has 0 aliphatic carbocycles. The topological polar surface area (TPSA) is 32.3 Å². The predicted molar refractivity (Wildman–Crippen MR) is 87.8 cm³/mol. The molecule has 1 aliphatic rings. The van der Waals surface area contributed by atoms with Crippen molar-refractivity contribution in [1.82, 2.24) is 4.90 Å². The summed E-state index contributed by atoms with van der Waals surface area (Å²) >= 11 is 1.95. The molecule has 1 aromatic carbocycles. The highest BCUT2D eigenvalue weighted by Gasteiger charge is 2.30. The first-order valence-corrected chi connectivity index (χ1v) is 8.36. The summed E-state index contributed by atoms with van der Waals surface area (Å²) in [7, 11) is 0. The number of amides is 1. The third-order valence-electron chi connectivity index (χ3n) is 3.92. The number of thioether (sulfide) groups is 1. The van der Waals surface area contributed by atoms with Crippen molar-refractivity contribution in [2.75, 3.05) is 24.2 Å². The number of carbonyl (C=O) groups excluding carboxylic acids is 1. The van der Waals surface area contributed by atoms with Gasteiger partial charge in [0.05, 0.1) is 5.56 Å². The van der Waals surface area contributed by atoms with Gasteiger partial charge in [0.25, 0.3) is 5.91 Å². The van der Waals surface area contributed by atoms with Gasteiger partial charge in [0, 0.05) is 35.8 Å². The standard InChI is InChI=1S/C16H24N2OS/c1-5-17-15-10-11(2)6-7-14(15)16(19)18-8-9-20-13(4)12(18)3/h6-7,10,12-13,17H,5,8-9H2,1-4H3. The number of hydrogen-bond acceptors (Lipinski definition) is 3. The average Bonchev–Trinajstić information content (AvgIpc) is 2.42. The molecule has 4 heteroatoms. The molecular formula is C16H24N2OS. The van der Waals surface area contributed by atoms with E-state index in [4.69, 9.17) is 0 Å². The fourth-order valence-corrected chi connectivity index (χ4v) is 3.66. The summed E-state index contributed by atoms with van der Waals surface area (Å²) in [5, 5.41) is 3.81. The number of nitrogens with zero attached hydrogens (tertiary/aromatic N) is 1. The van der Waals surface area contributed by atoms with E-state index in [1.165, 1.54) is 5.56 Å². The number of carbonyl (C=O) groups is 1. The van der Waals surface area contributed by atoms with Gasteiger partial charge in [-0.2, -0.15) is 11.8 Å². The zero-order valence-corrected chi connectivity index (χ0v) is 13.6. The highest BCUT2D eigenvalue weighted by Crippen LogP contribution is 2.27. The first kappa shape index (κ1) is 15.2. The van der Waals surface area contributed by atoms with E-state index < -0.39 is 0 Å². The summed E-state index contributed by atoms with van der Waals surface area (Å²) in [6, 6.07) is 6.32. The van der Waals surface area contributed by atoms with Gasteiger partial charge in [-0.1, -0.05) is 13.0 Å². The molecule has 110 valence electrons. The van der Waals surface area contributed by atoms with Crippen LogP contribution in [0.2, 0.25) is 0 Å². The van der Waals surface area contributed by atoms with Crippen LogP contribution in [-0.4, -0.2) is 40.9 Å². The second kappa shape index (κ2) is 6.53. The van der Waals surface area contributed by atoms with Crippen LogP contribution in [-0.2, 0) is 0 Å². The zero-order valence-electron chi connectivity index (χ0n) is 12.8. The lowest BCUT2D eigenvalue weighted by Gasteiger charge is -2.37. The van der Waals surface area contributed by atoms with Gasteiger partial charge in [-0.15, -0.1) is 0 Å². The van der Waals surface area contributed by atoms with E-state index in [0.717, 1.165) is 30.1 Å². The second-order valence-electron chi connectivity index (χ2n) is 5.39. The van der Waals surface area contributed by atoms with Crippen molar-refractivity contribution in [2.45, 2.75) is 39.0 Å². The van der Waals surface area contributed by atoms with E-state index >= 15 is 0 Å². The Hall–Kier alpha value is -1.16. The molecular weight excluding hydrogens is 268 g/mol. The van der Waals surface area contributed by atoms with E-state index in [9.17, 15) is 4.79 Å². The molecule has 2 rings (SSSR count). The Balaban J connectivity index is 2.28. The monoisotopic (exact) mass is 292 g/mol. The van der Waals surface area contributed by atoms with Crippen molar-refractivity contribution >= 4 is 23.4 Å². The smallest absolute Gasteiger partial charge is 0.256 e. The van der Waals surface area contributed by atoms with Gasteiger partial charge in [-0.05, 0) is 38.5 Å². The van der Waals surface area contributed by atoms with E-state index in [1.807, 2.05) is 28.8 Å². The van der Waals surface area contributed by atoms with Crippen molar-refractivity contribution in [3.05, 3.63) is 29.3 Å². The van der Waals surface area contributed by atoms with Gasteiger partial charge in [-0.25, -0.2) is 0 Å². The minimum Gasteiger partial charge on any atom is -0.385 e. The number of rotatable bonds is 3. The quantitative estimate of drug-likeness (QED) is 0.927. The van der Waals surface area contributed by atoms with Gasteiger partial charge in [-0.3, -0.25) is 4.79 Å². The molecule has 20 heavy (non-hydrogen) atoms.